The van der Waals surface area contributed by atoms with E-state index in [9.17, 15) is 13.2 Å². The normalized spacial score (nSPS) is 11.1. The fraction of sp³-hybridized carbons (Fsp3) is 0.222. The minimum atomic E-state index is -3.72. The van der Waals surface area contributed by atoms with Crippen LogP contribution in [0.15, 0.2) is 53.4 Å². The van der Waals surface area contributed by atoms with E-state index >= 15 is 0 Å². The third kappa shape index (κ3) is 4.89. The summed E-state index contributed by atoms with van der Waals surface area (Å²) in [7, 11) is -2.35. The minimum Gasteiger partial charge on any atom is -0.325 e. The predicted octanol–water partition coefficient (Wildman–Crippen LogP) is 2.32. The largest absolute Gasteiger partial charge is 0.325 e. The number of carbonyl (C=O) groups is 1. The average molecular weight is 357 g/mol. The van der Waals surface area contributed by atoms with Gasteiger partial charge in [0, 0.05) is 12.7 Å². The quantitative estimate of drug-likeness (QED) is 0.859. The zero-order valence-corrected chi connectivity index (χ0v) is 14.9. The molecule has 7 heteroatoms. The molecular weight excluding hydrogens is 338 g/mol. The van der Waals surface area contributed by atoms with Gasteiger partial charge in [-0.1, -0.05) is 29.8 Å². The van der Waals surface area contributed by atoms with Crippen LogP contribution in [-0.4, -0.2) is 32.2 Å². The molecule has 0 aliphatic rings. The van der Waals surface area contributed by atoms with E-state index in [1.807, 2.05) is 13.0 Å². The van der Waals surface area contributed by atoms with Gasteiger partial charge in [0.1, 0.15) is 0 Å². The summed E-state index contributed by atoms with van der Waals surface area (Å²) < 4.78 is 25.9. The Kier molecular flexibility index (Phi) is 5.91. The number of sulfonamides is 1. The lowest BCUT2D eigenvalue weighted by molar-refractivity contribution is -0.116. The average Bonchev–Trinajstić information content (AvgIpc) is 2.57. The van der Waals surface area contributed by atoms with Gasteiger partial charge in [-0.2, -0.15) is 9.57 Å². The molecule has 2 aromatic carbocycles. The predicted molar refractivity (Wildman–Crippen MR) is 95.4 cm³/mol. The van der Waals surface area contributed by atoms with Crippen molar-refractivity contribution < 1.29 is 13.2 Å². The summed E-state index contributed by atoms with van der Waals surface area (Å²) in [6.45, 7) is 1.58. The van der Waals surface area contributed by atoms with Crippen LogP contribution in [0.2, 0.25) is 0 Å². The number of nitrogens with one attached hydrogen (secondary N) is 1. The number of hydrogen-bond acceptors (Lipinski definition) is 4. The van der Waals surface area contributed by atoms with E-state index in [0.717, 1.165) is 15.4 Å². The number of anilines is 1. The summed E-state index contributed by atoms with van der Waals surface area (Å²) in [5.74, 6) is -0.439. The van der Waals surface area contributed by atoms with Crippen LogP contribution in [0, 0.1) is 18.3 Å². The molecule has 0 unspecified atom stereocenters. The third-order valence-corrected chi connectivity index (χ3v) is 5.43. The molecule has 0 saturated carbocycles. The summed E-state index contributed by atoms with van der Waals surface area (Å²) in [6.07, 6.45) is 0.297. The first-order valence-corrected chi connectivity index (χ1v) is 9.05. The van der Waals surface area contributed by atoms with Gasteiger partial charge in [-0.25, -0.2) is 8.42 Å². The van der Waals surface area contributed by atoms with E-state index in [-0.39, 0.29) is 11.4 Å². The maximum atomic E-state index is 12.5. The summed E-state index contributed by atoms with van der Waals surface area (Å²) in [6, 6.07) is 15.4. The van der Waals surface area contributed by atoms with Crippen molar-refractivity contribution in [1.82, 2.24) is 4.31 Å². The molecule has 6 nitrogen and oxygen atoms in total. The Bertz CT molecular complexity index is 883. The van der Waals surface area contributed by atoms with Gasteiger partial charge in [0.05, 0.1) is 23.9 Å². The van der Waals surface area contributed by atoms with Gasteiger partial charge >= 0.3 is 0 Å². The Balaban J connectivity index is 2.01. The molecule has 0 atom stereocenters. The Morgan fingerprint density at radius 2 is 1.72 bits per heavy atom. The van der Waals surface area contributed by atoms with Crippen molar-refractivity contribution in [1.29, 1.82) is 5.26 Å². The number of amides is 1. The monoisotopic (exact) mass is 357 g/mol. The summed E-state index contributed by atoms with van der Waals surface area (Å²) in [5.41, 5.74) is 2.35. The number of nitrogens with zero attached hydrogens (tertiary/aromatic N) is 2. The lowest BCUT2D eigenvalue weighted by Crippen LogP contribution is -2.34. The number of nitriles is 1. The van der Waals surface area contributed by atoms with Gasteiger partial charge in [0.25, 0.3) is 0 Å². The molecule has 0 saturated heterocycles. The second-order valence-corrected chi connectivity index (χ2v) is 7.70. The number of aryl methyl sites for hydroxylation is 1. The number of benzene rings is 2. The van der Waals surface area contributed by atoms with Gasteiger partial charge in [-0.15, -0.1) is 0 Å². The second kappa shape index (κ2) is 7.92. The molecule has 0 spiro atoms. The number of carbonyl (C=O) groups excluding carboxylic acids is 1. The van der Waals surface area contributed by atoms with Crippen LogP contribution in [0.3, 0.4) is 0 Å². The SMILES string of the molecule is Cc1ccc(S(=O)(=O)N(C)CC(=O)Nc2ccc(CC#N)cc2)cc1. The molecule has 1 amide bonds. The van der Waals surface area contributed by atoms with E-state index in [1.54, 1.807) is 36.4 Å². The Morgan fingerprint density at radius 3 is 2.28 bits per heavy atom. The number of rotatable bonds is 6. The van der Waals surface area contributed by atoms with Crippen LogP contribution in [0.4, 0.5) is 5.69 Å². The molecule has 0 aromatic heterocycles. The Labute approximate surface area is 147 Å². The first-order valence-electron chi connectivity index (χ1n) is 7.61. The first-order chi connectivity index (χ1) is 11.8. The smallest absolute Gasteiger partial charge is 0.243 e. The highest BCUT2D eigenvalue weighted by Gasteiger charge is 2.22. The highest BCUT2D eigenvalue weighted by atomic mass is 32.2. The van der Waals surface area contributed by atoms with Crippen LogP contribution in [-0.2, 0) is 21.2 Å². The third-order valence-electron chi connectivity index (χ3n) is 3.62. The molecule has 130 valence electrons. The van der Waals surface area contributed by atoms with Gasteiger partial charge in [-0.3, -0.25) is 4.79 Å². The second-order valence-electron chi connectivity index (χ2n) is 5.65. The summed E-state index contributed by atoms with van der Waals surface area (Å²) in [5, 5.41) is 11.3. The molecule has 25 heavy (non-hydrogen) atoms. The highest BCUT2D eigenvalue weighted by molar-refractivity contribution is 7.89. The molecule has 0 radical (unpaired) electrons. The van der Waals surface area contributed by atoms with Crippen molar-refractivity contribution in [2.45, 2.75) is 18.2 Å². The van der Waals surface area contributed by atoms with Crippen LogP contribution in [0.5, 0.6) is 0 Å². The van der Waals surface area contributed by atoms with Crippen molar-refractivity contribution in [3.8, 4) is 6.07 Å². The van der Waals surface area contributed by atoms with Gasteiger partial charge in [0.15, 0.2) is 0 Å². The van der Waals surface area contributed by atoms with Crippen LogP contribution in [0.1, 0.15) is 11.1 Å². The maximum Gasteiger partial charge on any atom is 0.243 e. The van der Waals surface area contributed by atoms with Crippen LogP contribution < -0.4 is 5.32 Å². The molecule has 0 fully saturated rings. The lowest BCUT2D eigenvalue weighted by atomic mass is 10.1. The van der Waals surface area contributed by atoms with E-state index in [1.165, 1.54) is 19.2 Å². The number of hydrogen-bond donors (Lipinski definition) is 1. The molecule has 2 rings (SSSR count). The van der Waals surface area contributed by atoms with Crippen molar-refractivity contribution in [3.05, 3.63) is 59.7 Å². The van der Waals surface area contributed by atoms with Crippen molar-refractivity contribution in [3.63, 3.8) is 0 Å². The van der Waals surface area contributed by atoms with E-state index in [0.29, 0.717) is 12.1 Å². The van der Waals surface area contributed by atoms with Gasteiger partial charge < -0.3 is 5.32 Å². The topological polar surface area (TPSA) is 90.3 Å². The Morgan fingerprint density at radius 1 is 1.12 bits per heavy atom. The fourth-order valence-electron chi connectivity index (χ4n) is 2.18. The minimum absolute atomic E-state index is 0.147. The maximum absolute atomic E-state index is 12.5. The standard InChI is InChI=1S/C18H19N3O3S/c1-14-3-9-17(10-4-14)25(23,24)21(2)13-18(22)20-16-7-5-15(6-8-16)11-12-19/h3-10H,11,13H2,1-2H3,(H,20,22). The summed E-state index contributed by atoms with van der Waals surface area (Å²) >= 11 is 0. The molecule has 0 heterocycles. The van der Waals surface area contributed by atoms with Crippen LogP contribution >= 0.6 is 0 Å². The number of likely N-dealkylation sites (N-methyl/N-ethyl adjacent to an activating group) is 1. The molecule has 1 N–H and O–H groups in total. The van der Waals surface area contributed by atoms with E-state index < -0.39 is 15.9 Å². The lowest BCUT2D eigenvalue weighted by Gasteiger charge is -2.17. The van der Waals surface area contributed by atoms with E-state index in [4.69, 9.17) is 5.26 Å². The van der Waals surface area contributed by atoms with Gasteiger partial charge in [0.2, 0.25) is 15.9 Å². The van der Waals surface area contributed by atoms with Gasteiger partial charge in [-0.05, 0) is 36.8 Å². The van der Waals surface area contributed by atoms with Crippen molar-refractivity contribution >= 4 is 21.6 Å². The zero-order valence-electron chi connectivity index (χ0n) is 14.1. The molecule has 0 aliphatic carbocycles. The van der Waals surface area contributed by atoms with Crippen molar-refractivity contribution in [2.75, 3.05) is 18.9 Å². The Hall–Kier alpha value is -2.69. The molecular formula is C18H19N3O3S. The molecule has 0 aliphatic heterocycles. The van der Waals surface area contributed by atoms with Crippen molar-refractivity contribution in [2.24, 2.45) is 0 Å². The van der Waals surface area contributed by atoms with Crippen LogP contribution in [0.25, 0.3) is 0 Å². The van der Waals surface area contributed by atoms with E-state index in [2.05, 4.69) is 5.32 Å². The first kappa shape index (κ1) is 18.6. The zero-order chi connectivity index (χ0) is 18.4. The summed E-state index contributed by atoms with van der Waals surface area (Å²) in [4.78, 5) is 12.2. The molecule has 0 bridgehead atoms. The molecule has 2 aromatic rings. The highest BCUT2D eigenvalue weighted by Crippen LogP contribution is 2.15. The fourth-order valence-corrected chi connectivity index (χ4v) is 3.30.